The van der Waals surface area contributed by atoms with Crippen molar-refractivity contribution in [2.45, 2.75) is 32.9 Å². The lowest BCUT2D eigenvalue weighted by molar-refractivity contribution is 0.362. The van der Waals surface area contributed by atoms with Crippen LogP contribution < -0.4 is 5.32 Å². The molecule has 22 heavy (non-hydrogen) atoms. The van der Waals surface area contributed by atoms with E-state index in [1.54, 1.807) is 6.92 Å². The Kier molecular flexibility index (Phi) is 3.97. The molecular formula is C15H17N5O2. The van der Waals surface area contributed by atoms with Gasteiger partial charge in [0, 0.05) is 12.5 Å². The zero-order valence-corrected chi connectivity index (χ0v) is 12.6. The standard InChI is InChI=1S/C15H17N5O2/c1-9(16-10(2)14-19-18-11(3)21-14)13-17-15(22-20-13)12-7-5-4-6-8-12/h4-10,16H,1-3H3. The number of hydrogen-bond acceptors (Lipinski definition) is 7. The summed E-state index contributed by atoms with van der Waals surface area (Å²) in [6, 6.07) is 9.46. The molecule has 0 aliphatic carbocycles. The predicted molar refractivity (Wildman–Crippen MR) is 78.7 cm³/mol. The van der Waals surface area contributed by atoms with E-state index < -0.39 is 0 Å². The Labute approximate surface area is 127 Å². The van der Waals surface area contributed by atoms with Crippen LogP contribution in [0.15, 0.2) is 39.3 Å². The molecule has 1 N–H and O–H groups in total. The molecule has 1 aromatic carbocycles. The summed E-state index contributed by atoms with van der Waals surface area (Å²) >= 11 is 0. The first-order valence-corrected chi connectivity index (χ1v) is 7.08. The van der Waals surface area contributed by atoms with E-state index in [0.29, 0.717) is 23.5 Å². The SMILES string of the molecule is Cc1nnc(C(C)NC(C)c2noc(-c3ccccc3)n2)o1. The highest BCUT2D eigenvalue weighted by atomic mass is 16.5. The molecule has 2 atom stereocenters. The minimum atomic E-state index is -0.108. The predicted octanol–water partition coefficient (Wildman–Crippen LogP) is 2.84. The molecule has 2 unspecified atom stereocenters. The van der Waals surface area contributed by atoms with E-state index in [0.717, 1.165) is 5.56 Å². The van der Waals surface area contributed by atoms with Crippen LogP contribution in [-0.4, -0.2) is 20.3 Å². The number of aromatic nitrogens is 4. The molecule has 0 spiro atoms. The monoisotopic (exact) mass is 299 g/mol. The average Bonchev–Trinajstić information content (AvgIpc) is 3.17. The fraction of sp³-hybridized carbons (Fsp3) is 0.333. The van der Waals surface area contributed by atoms with Crippen molar-refractivity contribution in [2.75, 3.05) is 0 Å². The Morgan fingerprint density at radius 3 is 2.50 bits per heavy atom. The number of benzene rings is 1. The fourth-order valence-corrected chi connectivity index (χ4v) is 2.12. The Morgan fingerprint density at radius 2 is 1.82 bits per heavy atom. The van der Waals surface area contributed by atoms with E-state index in [-0.39, 0.29) is 12.1 Å². The summed E-state index contributed by atoms with van der Waals surface area (Å²) in [4.78, 5) is 4.43. The van der Waals surface area contributed by atoms with Crippen molar-refractivity contribution in [1.29, 1.82) is 0 Å². The van der Waals surface area contributed by atoms with Crippen molar-refractivity contribution in [1.82, 2.24) is 25.7 Å². The van der Waals surface area contributed by atoms with E-state index >= 15 is 0 Å². The summed E-state index contributed by atoms with van der Waals surface area (Å²) in [7, 11) is 0. The molecule has 0 fully saturated rings. The van der Waals surface area contributed by atoms with Gasteiger partial charge in [-0.3, -0.25) is 5.32 Å². The first-order valence-electron chi connectivity index (χ1n) is 7.08. The Hall–Kier alpha value is -2.54. The van der Waals surface area contributed by atoms with Crippen LogP contribution >= 0.6 is 0 Å². The number of nitrogens with one attached hydrogen (secondary N) is 1. The second kappa shape index (κ2) is 6.07. The van der Waals surface area contributed by atoms with Gasteiger partial charge in [0.25, 0.3) is 5.89 Å². The lowest BCUT2D eigenvalue weighted by Gasteiger charge is -2.13. The second-order valence-corrected chi connectivity index (χ2v) is 5.09. The zero-order valence-electron chi connectivity index (χ0n) is 12.6. The largest absolute Gasteiger partial charge is 0.424 e. The average molecular weight is 299 g/mol. The Balaban J connectivity index is 1.70. The van der Waals surface area contributed by atoms with Gasteiger partial charge >= 0.3 is 0 Å². The van der Waals surface area contributed by atoms with Gasteiger partial charge in [0.05, 0.1) is 12.1 Å². The summed E-state index contributed by atoms with van der Waals surface area (Å²) in [6.07, 6.45) is 0. The van der Waals surface area contributed by atoms with Crippen molar-refractivity contribution in [3.8, 4) is 11.5 Å². The molecule has 0 saturated carbocycles. The minimum Gasteiger partial charge on any atom is -0.424 e. The molecule has 3 aromatic rings. The van der Waals surface area contributed by atoms with Gasteiger partial charge in [-0.15, -0.1) is 10.2 Å². The molecule has 0 radical (unpaired) electrons. The van der Waals surface area contributed by atoms with Gasteiger partial charge in [-0.2, -0.15) is 4.98 Å². The summed E-state index contributed by atoms with van der Waals surface area (Å²) in [5.41, 5.74) is 0.897. The first-order chi connectivity index (χ1) is 10.6. The third kappa shape index (κ3) is 3.04. The second-order valence-electron chi connectivity index (χ2n) is 5.09. The van der Waals surface area contributed by atoms with Crippen molar-refractivity contribution in [3.05, 3.63) is 47.9 Å². The van der Waals surface area contributed by atoms with Crippen LogP contribution in [0.4, 0.5) is 0 Å². The van der Waals surface area contributed by atoms with Gasteiger partial charge in [-0.05, 0) is 26.0 Å². The molecule has 114 valence electrons. The van der Waals surface area contributed by atoms with Gasteiger partial charge in [0.1, 0.15) is 0 Å². The van der Waals surface area contributed by atoms with Gasteiger partial charge in [-0.25, -0.2) is 0 Å². The minimum absolute atomic E-state index is 0.102. The molecule has 0 amide bonds. The number of aryl methyl sites for hydroxylation is 1. The lowest BCUT2D eigenvalue weighted by Crippen LogP contribution is -2.23. The summed E-state index contributed by atoms with van der Waals surface area (Å²) in [6.45, 7) is 5.67. The van der Waals surface area contributed by atoms with Crippen molar-refractivity contribution in [2.24, 2.45) is 0 Å². The summed E-state index contributed by atoms with van der Waals surface area (Å²) in [5.74, 6) is 2.17. The van der Waals surface area contributed by atoms with Gasteiger partial charge in [0.2, 0.25) is 11.8 Å². The molecule has 2 aromatic heterocycles. The number of rotatable bonds is 5. The van der Waals surface area contributed by atoms with Crippen molar-refractivity contribution >= 4 is 0 Å². The van der Waals surface area contributed by atoms with Crippen LogP contribution in [0.2, 0.25) is 0 Å². The van der Waals surface area contributed by atoms with Gasteiger partial charge < -0.3 is 8.94 Å². The molecule has 0 aliphatic rings. The molecule has 7 nitrogen and oxygen atoms in total. The van der Waals surface area contributed by atoms with Crippen LogP contribution in [0, 0.1) is 6.92 Å². The maximum absolute atomic E-state index is 5.41. The topological polar surface area (TPSA) is 89.9 Å². The highest BCUT2D eigenvalue weighted by molar-refractivity contribution is 5.52. The van der Waals surface area contributed by atoms with E-state index in [9.17, 15) is 0 Å². The maximum Gasteiger partial charge on any atom is 0.257 e. The zero-order chi connectivity index (χ0) is 15.5. The Morgan fingerprint density at radius 1 is 1.05 bits per heavy atom. The van der Waals surface area contributed by atoms with E-state index in [4.69, 9.17) is 8.94 Å². The Bertz CT molecular complexity index is 737. The normalized spacial score (nSPS) is 14.0. The molecule has 7 heteroatoms. The maximum atomic E-state index is 5.41. The molecule has 0 bridgehead atoms. The number of nitrogens with zero attached hydrogens (tertiary/aromatic N) is 4. The van der Waals surface area contributed by atoms with E-state index in [2.05, 4.69) is 25.7 Å². The third-order valence-corrected chi connectivity index (χ3v) is 3.26. The van der Waals surface area contributed by atoms with Gasteiger partial charge in [0.15, 0.2) is 5.82 Å². The third-order valence-electron chi connectivity index (χ3n) is 3.26. The van der Waals surface area contributed by atoms with Crippen molar-refractivity contribution in [3.63, 3.8) is 0 Å². The summed E-state index contributed by atoms with van der Waals surface area (Å²) in [5, 5.41) is 15.2. The highest BCUT2D eigenvalue weighted by Gasteiger charge is 2.20. The number of hydrogen-bond donors (Lipinski definition) is 1. The smallest absolute Gasteiger partial charge is 0.257 e. The highest BCUT2D eigenvalue weighted by Crippen LogP contribution is 2.21. The molecule has 0 aliphatic heterocycles. The van der Waals surface area contributed by atoms with Crippen molar-refractivity contribution < 1.29 is 8.94 Å². The van der Waals surface area contributed by atoms with Gasteiger partial charge in [-0.1, -0.05) is 23.4 Å². The van der Waals surface area contributed by atoms with Crippen LogP contribution in [0.3, 0.4) is 0 Å². The molecular weight excluding hydrogens is 282 g/mol. The molecule has 0 saturated heterocycles. The van der Waals surface area contributed by atoms with Crippen LogP contribution in [0.25, 0.3) is 11.5 Å². The van der Waals surface area contributed by atoms with Crippen LogP contribution in [0.1, 0.15) is 43.5 Å². The summed E-state index contributed by atoms with van der Waals surface area (Å²) < 4.78 is 10.7. The quantitative estimate of drug-likeness (QED) is 0.774. The first kappa shape index (κ1) is 14.4. The molecule has 3 rings (SSSR count). The van der Waals surface area contributed by atoms with Crippen LogP contribution in [-0.2, 0) is 0 Å². The van der Waals surface area contributed by atoms with Crippen LogP contribution in [0.5, 0.6) is 0 Å². The van der Waals surface area contributed by atoms with E-state index in [1.807, 2.05) is 44.2 Å². The molecule has 2 heterocycles. The fourth-order valence-electron chi connectivity index (χ4n) is 2.12. The van der Waals surface area contributed by atoms with E-state index in [1.165, 1.54) is 0 Å². The lowest BCUT2D eigenvalue weighted by atomic mass is 10.2.